The van der Waals surface area contributed by atoms with Crippen molar-refractivity contribution in [2.75, 3.05) is 12.4 Å². The number of hydrogen-bond acceptors (Lipinski definition) is 2. The summed E-state index contributed by atoms with van der Waals surface area (Å²) in [5.41, 5.74) is 10.2. The lowest BCUT2D eigenvalue weighted by Gasteiger charge is -2.16. The highest BCUT2D eigenvalue weighted by Crippen LogP contribution is 2.21. The third kappa shape index (κ3) is 4.12. The Hall–Kier alpha value is -1.40. The smallest absolute Gasteiger partial charge is 0.189 e. The summed E-state index contributed by atoms with van der Waals surface area (Å²) in [6.45, 7) is 6.18. The molecule has 0 aliphatic heterocycles. The van der Waals surface area contributed by atoms with Gasteiger partial charge in [-0.1, -0.05) is 17.7 Å². The van der Waals surface area contributed by atoms with Gasteiger partial charge in [-0.25, -0.2) is 0 Å². The predicted molar refractivity (Wildman–Crippen MR) is 84.8 cm³/mol. The normalized spacial score (nSPS) is 9.56. The second-order valence-corrected chi connectivity index (χ2v) is 4.87. The first-order valence-electron chi connectivity index (χ1n) is 5.56. The number of thiocarbonyl (C=S) groups is 2. The van der Waals surface area contributed by atoms with Crippen LogP contribution in [0.1, 0.15) is 16.7 Å². The monoisotopic (exact) mass is 282 g/mol. The van der Waals surface area contributed by atoms with E-state index in [0.29, 0.717) is 10.2 Å². The van der Waals surface area contributed by atoms with Gasteiger partial charge < -0.3 is 10.6 Å². The maximum atomic E-state index is 5.18. The molecule has 0 heterocycles. The van der Waals surface area contributed by atoms with Crippen molar-refractivity contribution in [2.24, 2.45) is 0 Å². The molecule has 18 heavy (non-hydrogen) atoms. The fourth-order valence-corrected chi connectivity index (χ4v) is 1.90. The van der Waals surface area contributed by atoms with E-state index in [4.69, 9.17) is 24.4 Å². The van der Waals surface area contributed by atoms with Gasteiger partial charge >= 0.3 is 0 Å². The number of nitrogens with one attached hydrogen (secondary N) is 4. The molecule has 1 aromatic carbocycles. The van der Waals surface area contributed by atoms with Crippen LogP contribution in [0.25, 0.3) is 0 Å². The van der Waals surface area contributed by atoms with E-state index in [9.17, 15) is 0 Å². The third-order valence-electron chi connectivity index (χ3n) is 2.43. The van der Waals surface area contributed by atoms with Crippen molar-refractivity contribution in [2.45, 2.75) is 20.8 Å². The van der Waals surface area contributed by atoms with Crippen LogP contribution in [0.3, 0.4) is 0 Å². The number of hydrogen-bond donors (Lipinski definition) is 4. The molecule has 0 atom stereocenters. The van der Waals surface area contributed by atoms with Gasteiger partial charge in [0.15, 0.2) is 10.2 Å². The molecule has 0 saturated heterocycles. The van der Waals surface area contributed by atoms with E-state index < -0.39 is 0 Å². The Bertz CT molecular complexity index is 448. The van der Waals surface area contributed by atoms with Gasteiger partial charge in [0.05, 0.1) is 0 Å². The second-order valence-electron chi connectivity index (χ2n) is 4.06. The topological polar surface area (TPSA) is 48.1 Å². The molecule has 0 aliphatic carbocycles. The van der Waals surface area contributed by atoms with E-state index in [2.05, 4.69) is 54.4 Å². The Kier molecular flexibility index (Phi) is 5.30. The van der Waals surface area contributed by atoms with Crippen molar-refractivity contribution in [3.05, 3.63) is 28.8 Å². The van der Waals surface area contributed by atoms with E-state index in [1.807, 2.05) is 0 Å². The van der Waals surface area contributed by atoms with Gasteiger partial charge in [0.1, 0.15) is 0 Å². The summed E-state index contributed by atoms with van der Waals surface area (Å²) in [6, 6.07) is 4.23. The lowest BCUT2D eigenvalue weighted by molar-refractivity contribution is 0.853. The van der Waals surface area contributed by atoms with Crippen molar-refractivity contribution in [3.8, 4) is 0 Å². The van der Waals surface area contributed by atoms with E-state index in [1.54, 1.807) is 7.05 Å². The molecule has 0 unspecified atom stereocenters. The summed E-state index contributed by atoms with van der Waals surface area (Å²) in [7, 11) is 1.74. The molecule has 0 aliphatic rings. The highest BCUT2D eigenvalue weighted by Gasteiger charge is 2.05. The molecular formula is C12H18N4S2. The van der Waals surface area contributed by atoms with Gasteiger partial charge in [-0.2, -0.15) is 0 Å². The molecule has 0 aromatic heterocycles. The molecule has 98 valence electrons. The quantitative estimate of drug-likeness (QED) is 0.466. The van der Waals surface area contributed by atoms with Crippen molar-refractivity contribution < 1.29 is 0 Å². The summed E-state index contributed by atoms with van der Waals surface area (Å²) in [4.78, 5) is 0. The van der Waals surface area contributed by atoms with Gasteiger partial charge in [-0.15, -0.1) is 0 Å². The van der Waals surface area contributed by atoms with Crippen molar-refractivity contribution in [1.82, 2.24) is 16.2 Å². The van der Waals surface area contributed by atoms with E-state index in [-0.39, 0.29) is 0 Å². The fourth-order valence-electron chi connectivity index (χ4n) is 1.70. The Morgan fingerprint density at radius 3 is 1.94 bits per heavy atom. The molecular weight excluding hydrogens is 264 g/mol. The Morgan fingerprint density at radius 1 is 0.944 bits per heavy atom. The van der Waals surface area contributed by atoms with Crippen LogP contribution in [-0.4, -0.2) is 17.3 Å². The highest BCUT2D eigenvalue weighted by molar-refractivity contribution is 7.80. The van der Waals surface area contributed by atoms with Crippen LogP contribution in [0.4, 0.5) is 5.69 Å². The zero-order valence-corrected chi connectivity index (χ0v) is 12.6. The van der Waals surface area contributed by atoms with Gasteiger partial charge in [0.2, 0.25) is 0 Å². The second kappa shape index (κ2) is 6.51. The van der Waals surface area contributed by atoms with Gasteiger partial charge in [-0.3, -0.25) is 10.9 Å². The third-order valence-corrected chi connectivity index (χ3v) is 2.94. The van der Waals surface area contributed by atoms with Gasteiger partial charge in [-0.05, 0) is 56.3 Å². The largest absolute Gasteiger partial charge is 0.364 e. The Morgan fingerprint density at radius 2 is 1.44 bits per heavy atom. The molecule has 4 N–H and O–H groups in total. The van der Waals surface area contributed by atoms with Crippen LogP contribution >= 0.6 is 24.4 Å². The lowest BCUT2D eigenvalue weighted by Crippen LogP contribution is -2.47. The van der Waals surface area contributed by atoms with Crippen LogP contribution in [0, 0.1) is 20.8 Å². The molecule has 6 heteroatoms. The molecule has 4 nitrogen and oxygen atoms in total. The minimum absolute atomic E-state index is 0.475. The summed E-state index contributed by atoms with van der Waals surface area (Å²) in [5.74, 6) is 0. The van der Waals surface area contributed by atoms with E-state index in [1.165, 1.54) is 5.56 Å². The Balaban J connectivity index is 2.68. The predicted octanol–water partition coefficient (Wildman–Crippen LogP) is 1.91. The molecule has 0 bridgehead atoms. The van der Waals surface area contributed by atoms with Crippen LogP contribution in [0.15, 0.2) is 12.1 Å². The molecule has 0 fully saturated rings. The zero-order chi connectivity index (χ0) is 13.7. The minimum atomic E-state index is 0.475. The number of benzene rings is 1. The summed E-state index contributed by atoms with van der Waals surface area (Å²) >= 11 is 10.1. The molecule has 0 saturated carbocycles. The fraction of sp³-hybridized carbons (Fsp3) is 0.333. The van der Waals surface area contributed by atoms with E-state index in [0.717, 1.165) is 16.8 Å². The average Bonchev–Trinajstić information content (AvgIpc) is 2.30. The van der Waals surface area contributed by atoms with Crippen LogP contribution in [-0.2, 0) is 0 Å². The minimum Gasteiger partial charge on any atom is -0.364 e. The number of rotatable bonds is 1. The maximum absolute atomic E-state index is 5.18. The van der Waals surface area contributed by atoms with Crippen molar-refractivity contribution >= 4 is 40.3 Å². The van der Waals surface area contributed by atoms with Crippen molar-refractivity contribution in [3.63, 3.8) is 0 Å². The van der Waals surface area contributed by atoms with Crippen molar-refractivity contribution in [1.29, 1.82) is 0 Å². The average molecular weight is 282 g/mol. The maximum Gasteiger partial charge on any atom is 0.189 e. The lowest BCUT2D eigenvalue weighted by atomic mass is 10.1. The SMILES string of the molecule is CNC(=S)NNC(=S)Nc1c(C)cc(C)cc1C. The Labute approximate surface area is 119 Å². The van der Waals surface area contributed by atoms with Gasteiger partial charge in [0.25, 0.3) is 0 Å². The number of anilines is 1. The molecule has 0 amide bonds. The molecule has 1 aromatic rings. The summed E-state index contributed by atoms with van der Waals surface area (Å²) in [6.07, 6.45) is 0. The molecule has 1 rings (SSSR count). The van der Waals surface area contributed by atoms with Crippen LogP contribution in [0.2, 0.25) is 0 Å². The van der Waals surface area contributed by atoms with Crippen LogP contribution < -0.4 is 21.5 Å². The number of hydrazine groups is 1. The van der Waals surface area contributed by atoms with E-state index >= 15 is 0 Å². The molecule has 0 spiro atoms. The van der Waals surface area contributed by atoms with Gasteiger partial charge in [0, 0.05) is 12.7 Å². The first-order chi connectivity index (χ1) is 8.43. The number of aryl methyl sites for hydroxylation is 3. The standard InChI is InChI=1S/C12H18N4S2/c1-7-5-8(2)10(9(3)6-7)14-12(18)16-15-11(17)13-4/h5-6H,1-4H3,(H2,13,15,17)(H2,14,16,18). The highest BCUT2D eigenvalue weighted by atomic mass is 32.1. The summed E-state index contributed by atoms with van der Waals surface area (Å²) in [5, 5.41) is 6.90. The van der Waals surface area contributed by atoms with Crippen LogP contribution in [0.5, 0.6) is 0 Å². The zero-order valence-electron chi connectivity index (χ0n) is 11.0. The molecule has 0 radical (unpaired) electrons. The first kappa shape index (κ1) is 14.7. The first-order valence-corrected chi connectivity index (χ1v) is 6.38. The summed E-state index contributed by atoms with van der Waals surface area (Å²) < 4.78 is 0.